The Morgan fingerprint density at radius 3 is 2.30 bits per heavy atom. The normalized spacial score (nSPS) is 8.50. The van der Waals surface area contributed by atoms with Crippen molar-refractivity contribution < 1.29 is 18.9 Å². The van der Waals surface area contributed by atoms with E-state index in [1.165, 1.54) is 4.90 Å². The average molecular weight is 144 g/mol. The third-order valence-electron chi connectivity index (χ3n) is 0.997. The second kappa shape index (κ2) is 5.92. The van der Waals surface area contributed by atoms with E-state index in [9.17, 15) is 0 Å². The maximum atomic E-state index is 2.10. The van der Waals surface area contributed by atoms with E-state index in [-0.39, 0.29) is 18.9 Å². The van der Waals surface area contributed by atoms with Crippen LogP contribution in [0.25, 0.3) is 0 Å². The van der Waals surface area contributed by atoms with Crippen LogP contribution in [-0.2, 0) is 0 Å². The Kier molecular flexibility index (Phi) is 6.01. The van der Waals surface area contributed by atoms with E-state index in [1.807, 2.05) is 25.1 Å². The number of rotatable bonds is 2. The summed E-state index contributed by atoms with van der Waals surface area (Å²) >= 11 is 1.75. The van der Waals surface area contributed by atoms with Crippen molar-refractivity contribution in [1.82, 2.24) is 0 Å². The van der Waals surface area contributed by atoms with Crippen LogP contribution in [0.15, 0.2) is 35.2 Å². The summed E-state index contributed by atoms with van der Waals surface area (Å²) in [4.78, 5) is 1.31. The van der Waals surface area contributed by atoms with Gasteiger partial charge in [-0.25, -0.2) is 0 Å². The molecule has 0 aliphatic rings. The van der Waals surface area contributed by atoms with Crippen molar-refractivity contribution in [2.24, 2.45) is 0 Å². The molecule has 0 amide bonds. The molecule has 0 bridgehead atoms. The third-order valence-corrected chi connectivity index (χ3v) is 1.78. The third kappa shape index (κ3) is 3.36. The molecule has 48 valence electrons. The van der Waals surface area contributed by atoms with Gasteiger partial charge in [-0.1, -0.05) is 30.3 Å². The molecule has 1 aromatic rings. The Morgan fingerprint density at radius 2 is 1.80 bits per heavy atom. The summed E-state index contributed by atoms with van der Waals surface area (Å²) in [5, 5.41) is 0. The van der Waals surface area contributed by atoms with E-state index in [0.717, 1.165) is 0 Å². The van der Waals surface area contributed by atoms with Crippen molar-refractivity contribution in [3.63, 3.8) is 0 Å². The van der Waals surface area contributed by atoms with Crippen LogP contribution in [0.1, 0.15) is 6.92 Å². The smallest absolute Gasteiger partial charge is 0.316 e. The van der Waals surface area contributed by atoms with Crippen molar-refractivity contribution in [2.75, 3.05) is 0 Å². The van der Waals surface area contributed by atoms with Gasteiger partial charge in [0.2, 0.25) is 0 Å². The van der Waals surface area contributed by atoms with E-state index in [4.69, 9.17) is 0 Å². The van der Waals surface area contributed by atoms with Gasteiger partial charge in [-0.15, -0.1) is 0 Å². The summed E-state index contributed by atoms with van der Waals surface area (Å²) in [5.74, 6) is 2.08. The monoisotopic (exact) mass is 144 g/mol. The molecule has 10 heavy (non-hydrogen) atoms. The summed E-state index contributed by atoms with van der Waals surface area (Å²) in [6, 6.07) is 10.3. The van der Waals surface area contributed by atoms with E-state index < -0.39 is 0 Å². The molecular weight excluding hydrogens is 135 g/mol. The topological polar surface area (TPSA) is 0 Å². The first-order valence-corrected chi connectivity index (χ1v) is 3.81. The van der Waals surface area contributed by atoms with Crippen LogP contribution in [-0.4, -0.2) is 0 Å². The van der Waals surface area contributed by atoms with E-state index in [1.54, 1.807) is 11.8 Å². The molecule has 1 rings (SSSR count). The number of hydrogen-bond donors (Lipinski definition) is 0. The average Bonchev–Trinajstić information content (AvgIpc) is 1.91. The number of benzene rings is 1. The molecule has 0 aliphatic heterocycles. The summed E-state index contributed by atoms with van der Waals surface area (Å²) in [6.07, 6.45) is 0. The van der Waals surface area contributed by atoms with Crippen LogP contribution in [0.4, 0.5) is 0 Å². The standard InChI is InChI=1S/C8H9S.Li/c1-2-9-8-6-4-3-5-7-8;/h2-7H,1H3;/q-1;+1. The maximum Gasteiger partial charge on any atom is 1.00 e. The van der Waals surface area contributed by atoms with Gasteiger partial charge < -0.3 is 11.8 Å². The fourth-order valence-corrected chi connectivity index (χ4v) is 1.22. The van der Waals surface area contributed by atoms with Gasteiger partial charge in [0.05, 0.1) is 0 Å². The molecule has 0 spiro atoms. The number of hydrogen-bond acceptors (Lipinski definition) is 1. The van der Waals surface area contributed by atoms with Gasteiger partial charge in [0.15, 0.2) is 0 Å². The molecule has 0 N–H and O–H groups in total. The maximum absolute atomic E-state index is 2.10. The van der Waals surface area contributed by atoms with Crippen LogP contribution in [0, 0.1) is 5.75 Å². The number of thioether (sulfide) groups is 1. The van der Waals surface area contributed by atoms with Crippen LogP contribution in [0.3, 0.4) is 0 Å². The fourth-order valence-electron chi connectivity index (χ4n) is 0.635. The van der Waals surface area contributed by atoms with Gasteiger partial charge in [0.1, 0.15) is 0 Å². The molecule has 0 heterocycles. The summed E-state index contributed by atoms with van der Waals surface area (Å²) in [7, 11) is 0. The van der Waals surface area contributed by atoms with Crippen LogP contribution in [0.5, 0.6) is 0 Å². The molecule has 0 nitrogen and oxygen atoms in total. The Labute approximate surface area is 78.6 Å². The van der Waals surface area contributed by atoms with Gasteiger partial charge in [0.25, 0.3) is 0 Å². The molecule has 0 saturated carbocycles. The van der Waals surface area contributed by atoms with Crippen molar-refractivity contribution in [3.8, 4) is 0 Å². The van der Waals surface area contributed by atoms with Crippen molar-refractivity contribution >= 4 is 11.8 Å². The zero-order valence-electron chi connectivity index (χ0n) is 6.37. The van der Waals surface area contributed by atoms with Crippen LogP contribution >= 0.6 is 11.8 Å². The van der Waals surface area contributed by atoms with E-state index in [2.05, 4.69) is 17.9 Å². The molecule has 0 unspecified atom stereocenters. The van der Waals surface area contributed by atoms with Gasteiger partial charge in [-0.3, -0.25) is 5.75 Å². The van der Waals surface area contributed by atoms with Gasteiger partial charge in [0, 0.05) is 0 Å². The second-order valence-electron chi connectivity index (χ2n) is 1.67. The Bertz CT molecular complexity index is 162. The molecule has 2 heteroatoms. The molecule has 0 aromatic heterocycles. The molecule has 1 aromatic carbocycles. The zero-order chi connectivity index (χ0) is 6.53. The zero-order valence-corrected chi connectivity index (χ0v) is 7.19. The molecular formula is C8H9LiS. The van der Waals surface area contributed by atoms with Crippen molar-refractivity contribution in [3.05, 3.63) is 36.1 Å². The van der Waals surface area contributed by atoms with Gasteiger partial charge in [-0.05, 0) is 4.90 Å². The summed E-state index contributed by atoms with van der Waals surface area (Å²) < 4.78 is 0. The minimum Gasteiger partial charge on any atom is -0.316 e. The van der Waals surface area contributed by atoms with Gasteiger partial charge >= 0.3 is 18.9 Å². The van der Waals surface area contributed by atoms with Crippen molar-refractivity contribution in [1.29, 1.82) is 0 Å². The minimum absolute atomic E-state index is 0. The quantitative estimate of drug-likeness (QED) is 0.319. The fraction of sp³-hybridized carbons (Fsp3) is 0.125. The molecule has 0 saturated heterocycles. The van der Waals surface area contributed by atoms with Crippen LogP contribution < -0.4 is 18.9 Å². The summed E-state index contributed by atoms with van der Waals surface area (Å²) in [5.41, 5.74) is 0. The van der Waals surface area contributed by atoms with Crippen molar-refractivity contribution in [2.45, 2.75) is 11.8 Å². The Balaban J connectivity index is 0.000000810. The van der Waals surface area contributed by atoms with E-state index >= 15 is 0 Å². The molecule has 0 aliphatic carbocycles. The Morgan fingerprint density at radius 1 is 1.20 bits per heavy atom. The Hall–Kier alpha value is 0.167. The minimum atomic E-state index is 0. The molecule has 0 fully saturated rings. The largest absolute Gasteiger partial charge is 1.00 e. The first-order valence-electron chi connectivity index (χ1n) is 2.93. The predicted octanol–water partition coefficient (Wildman–Crippen LogP) is -0.0356. The van der Waals surface area contributed by atoms with Gasteiger partial charge in [-0.2, -0.15) is 6.92 Å². The van der Waals surface area contributed by atoms with E-state index in [0.29, 0.717) is 0 Å². The summed E-state index contributed by atoms with van der Waals surface area (Å²) in [6.45, 7) is 2.04. The second-order valence-corrected chi connectivity index (χ2v) is 2.85. The SMILES string of the molecule is C[CH-]Sc1ccccc1.[Li+]. The van der Waals surface area contributed by atoms with Crippen LogP contribution in [0.2, 0.25) is 0 Å². The predicted molar refractivity (Wildman–Crippen MR) is 42.3 cm³/mol. The first-order chi connectivity index (χ1) is 4.43. The first kappa shape index (κ1) is 10.2. The molecule has 0 atom stereocenters. The molecule has 0 radical (unpaired) electrons.